The molecule has 8 aromatic rings. The average molecular weight is 920 g/mol. The monoisotopic (exact) mass is 919 g/mol. The second-order valence-electron chi connectivity index (χ2n) is 15.0. The Hall–Kier alpha value is -8.50. The third kappa shape index (κ3) is 10.6. The number of methoxy groups -OCH3 is 1. The van der Waals surface area contributed by atoms with Gasteiger partial charge in [0.1, 0.15) is 29.7 Å². The van der Waals surface area contributed by atoms with Gasteiger partial charge in [0.25, 0.3) is 11.1 Å². The summed E-state index contributed by atoms with van der Waals surface area (Å²) in [5, 5.41) is 38.4. The highest BCUT2D eigenvalue weighted by Crippen LogP contribution is 2.37. The lowest BCUT2D eigenvalue weighted by molar-refractivity contribution is -0.144. The van der Waals surface area contributed by atoms with Crippen molar-refractivity contribution in [3.05, 3.63) is 138 Å². The van der Waals surface area contributed by atoms with Gasteiger partial charge in [0.15, 0.2) is 11.5 Å². The second-order valence-corrected chi connectivity index (χ2v) is 15.9. The van der Waals surface area contributed by atoms with Crippen LogP contribution in [0.25, 0.3) is 27.8 Å². The van der Waals surface area contributed by atoms with E-state index >= 15 is 0 Å². The average Bonchev–Trinajstić information content (AvgIpc) is 4.05. The number of thioether (sulfide) groups is 1. The summed E-state index contributed by atoms with van der Waals surface area (Å²) in [6.45, 7) is 5.79. The van der Waals surface area contributed by atoms with Gasteiger partial charge >= 0.3 is 5.97 Å². The maximum Gasteiger partial charge on any atom is 0.327 e. The van der Waals surface area contributed by atoms with E-state index in [9.17, 15) is 29.5 Å². The van der Waals surface area contributed by atoms with Crippen LogP contribution in [0.1, 0.15) is 47.3 Å². The van der Waals surface area contributed by atoms with E-state index in [1.807, 2.05) is 74.6 Å². The number of tetrazole rings is 1. The van der Waals surface area contributed by atoms with Crippen molar-refractivity contribution in [2.45, 2.75) is 45.4 Å². The van der Waals surface area contributed by atoms with Crippen LogP contribution in [0, 0.1) is 18.3 Å². The van der Waals surface area contributed by atoms with E-state index in [1.165, 1.54) is 35.2 Å². The van der Waals surface area contributed by atoms with E-state index in [4.69, 9.17) is 9.47 Å². The number of carbonyl (C=O) groups excluding carboxylic acids is 4. The van der Waals surface area contributed by atoms with Crippen LogP contribution in [0.3, 0.4) is 0 Å². The maximum atomic E-state index is 13.1. The molecule has 0 unspecified atom stereocenters. The van der Waals surface area contributed by atoms with Gasteiger partial charge in [-0.15, -0.1) is 5.10 Å². The Bertz CT molecular complexity index is 3120. The van der Waals surface area contributed by atoms with Crippen LogP contribution in [-0.2, 0) is 27.4 Å². The Morgan fingerprint density at radius 3 is 2.40 bits per heavy atom. The van der Waals surface area contributed by atoms with E-state index in [2.05, 4.69) is 37.0 Å². The number of rotatable bonds is 13. The number of fused-ring (bicyclic) bond motifs is 2. The number of aromatic amines is 1. The number of para-hydroxylation sites is 3. The van der Waals surface area contributed by atoms with Crippen molar-refractivity contribution in [1.82, 2.24) is 34.8 Å². The van der Waals surface area contributed by atoms with Crippen molar-refractivity contribution in [1.29, 1.82) is 5.26 Å². The number of aryl methyl sites for hydroxylation is 1. The van der Waals surface area contributed by atoms with Crippen LogP contribution in [0.2, 0.25) is 0 Å². The summed E-state index contributed by atoms with van der Waals surface area (Å²) in [6, 6.07) is 34.8. The molecule has 0 aliphatic heterocycles. The molecule has 3 N–H and O–H groups in total. The minimum absolute atomic E-state index is 0.0584. The highest BCUT2D eigenvalue weighted by Gasteiger charge is 2.24. The zero-order chi connectivity index (χ0) is 47.6. The molecule has 19 heteroatoms. The number of H-pyrrole nitrogens is 1. The van der Waals surface area contributed by atoms with E-state index in [-0.39, 0.29) is 35.5 Å². The van der Waals surface area contributed by atoms with Gasteiger partial charge in [-0.25, -0.2) is 14.2 Å². The number of phenolic OH excluding ortho intramolecular Hbond substituents is 1. The first-order valence-corrected chi connectivity index (χ1v) is 21.7. The zero-order valence-electron chi connectivity index (χ0n) is 37.1. The van der Waals surface area contributed by atoms with Crippen molar-refractivity contribution in [3.63, 3.8) is 0 Å². The summed E-state index contributed by atoms with van der Waals surface area (Å²) in [5.74, 6) is -0.169. The highest BCUT2D eigenvalue weighted by molar-refractivity contribution is 8.13. The molecule has 0 fully saturated rings. The molecule has 67 heavy (non-hydrogen) atoms. The lowest BCUT2D eigenvalue weighted by atomic mass is 10.0. The van der Waals surface area contributed by atoms with Crippen molar-refractivity contribution in [2.24, 2.45) is 0 Å². The maximum absolute atomic E-state index is 13.1. The number of nitrogens with zero attached hydrogens (tertiary/aromatic N) is 9. The first kappa shape index (κ1) is 46.5. The molecule has 3 heterocycles. The third-order valence-electron chi connectivity index (χ3n) is 10.4. The van der Waals surface area contributed by atoms with Crippen LogP contribution in [0.5, 0.6) is 11.5 Å². The molecule has 0 bridgehead atoms. The molecule has 3 aromatic heterocycles. The summed E-state index contributed by atoms with van der Waals surface area (Å²) >= 11 is 0.739. The van der Waals surface area contributed by atoms with Gasteiger partial charge in [-0.3, -0.25) is 24.3 Å². The van der Waals surface area contributed by atoms with Crippen LogP contribution in [0.4, 0.5) is 21.9 Å². The number of benzene rings is 5. The molecule has 8 rings (SSSR count). The van der Waals surface area contributed by atoms with Gasteiger partial charge in [-0.2, -0.15) is 5.26 Å². The largest absolute Gasteiger partial charge is 0.506 e. The highest BCUT2D eigenvalue weighted by atomic mass is 32.2. The summed E-state index contributed by atoms with van der Waals surface area (Å²) in [6.07, 6.45) is 2.51. The van der Waals surface area contributed by atoms with Gasteiger partial charge in [0.2, 0.25) is 11.1 Å². The van der Waals surface area contributed by atoms with Gasteiger partial charge in [0, 0.05) is 59.5 Å². The number of nitriles is 1. The van der Waals surface area contributed by atoms with Gasteiger partial charge in [-0.1, -0.05) is 85.3 Å². The molecule has 0 aliphatic carbocycles. The van der Waals surface area contributed by atoms with Crippen LogP contribution in [-0.4, -0.2) is 83.7 Å². The van der Waals surface area contributed by atoms with Crippen molar-refractivity contribution < 1.29 is 33.8 Å². The summed E-state index contributed by atoms with van der Waals surface area (Å²) in [4.78, 5) is 57.8. The first-order chi connectivity index (χ1) is 32.4. The molecular weight excluding hydrogens is 875 g/mol. The molecule has 0 saturated carbocycles. The summed E-state index contributed by atoms with van der Waals surface area (Å²) in [5.41, 5.74) is 5.70. The number of nitrogens with one attached hydrogen (secondary N) is 2. The smallest absolute Gasteiger partial charge is 0.327 e. The van der Waals surface area contributed by atoms with Crippen LogP contribution >= 0.6 is 11.8 Å². The number of hydrogen-bond donors (Lipinski definition) is 3. The quantitative estimate of drug-likeness (QED) is 0.0734. The van der Waals surface area contributed by atoms with E-state index in [0.29, 0.717) is 57.9 Å². The standard InChI is InChI=1S/C26H26N6O6S.C22H19N5O/c1-4-14-38-22(33)15-32-25(28-29-30-32)39-26(36)31(2)20-10-7-8-17-16(20)12-13-18(23(17)34)24(35)27-19-9-5-6-11-21(19)37-3;1-15-8-10-17(11-9-15)21-24-22-20(12-23)18(14-27(22)25-21)13-26(16(2)28)19-6-4-3-5-7-19/h5-13,34H,4,14-15H2,1-3H3,(H,27,35);3-11,14H,13H2,1-2H3,(H,24,25). The predicted octanol–water partition coefficient (Wildman–Crippen LogP) is 8.16. The molecule has 5 aromatic carbocycles. The number of ether oxygens (including phenoxy) is 2. The second kappa shape index (κ2) is 21.0. The fourth-order valence-electron chi connectivity index (χ4n) is 6.97. The number of carbonyl (C=O) groups is 4. The lowest BCUT2D eigenvalue weighted by Gasteiger charge is -2.20. The third-order valence-corrected chi connectivity index (χ3v) is 11.3. The summed E-state index contributed by atoms with van der Waals surface area (Å²) < 4.78 is 13.3. The Morgan fingerprint density at radius 2 is 1.69 bits per heavy atom. The van der Waals surface area contributed by atoms with E-state index in [0.717, 1.165) is 28.6 Å². The molecule has 18 nitrogen and oxygen atoms in total. The molecule has 0 radical (unpaired) electrons. The van der Waals surface area contributed by atoms with Gasteiger partial charge in [-0.05, 0) is 60.2 Å². The Balaban J connectivity index is 0.000000209. The molecule has 0 saturated heterocycles. The SMILES string of the molecule is CC(=O)N(Cc1cn2[nH]c(-c3ccc(C)cc3)nc2c1C#N)c1ccccc1.CCCOC(=O)Cn1nnnc1SC(=O)N(C)c1cccc2c(O)c(C(=O)Nc3ccccc3OC)ccc12. The Labute approximate surface area is 388 Å². The number of hydrogen-bond acceptors (Lipinski definition) is 13. The molecular formula is C48H45N11O7S. The zero-order valence-corrected chi connectivity index (χ0v) is 37.9. The lowest BCUT2D eigenvalue weighted by Crippen LogP contribution is -2.27. The molecule has 340 valence electrons. The van der Waals surface area contributed by atoms with Gasteiger partial charge in [0.05, 0.1) is 37.2 Å². The van der Waals surface area contributed by atoms with Crippen LogP contribution in [0.15, 0.2) is 121 Å². The Morgan fingerprint density at radius 1 is 0.940 bits per heavy atom. The van der Waals surface area contributed by atoms with Gasteiger partial charge < -0.3 is 29.7 Å². The van der Waals surface area contributed by atoms with E-state index < -0.39 is 17.1 Å². The number of esters is 1. The minimum atomic E-state index is -0.520. The fraction of sp³-hybridized carbons (Fsp3) is 0.188. The van der Waals surface area contributed by atoms with Crippen molar-refractivity contribution in [3.8, 4) is 29.0 Å². The Kier molecular flexibility index (Phi) is 14.6. The topological polar surface area (TPSA) is 226 Å². The minimum Gasteiger partial charge on any atom is -0.506 e. The number of anilines is 3. The fourth-order valence-corrected chi connectivity index (χ4v) is 7.64. The number of phenols is 1. The van der Waals surface area contributed by atoms with Crippen molar-refractivity contribution in [2.75, 3.05) is 35.9 Å². The van der Waals surface area contributed by atoms with Crippen molar-refractivity contribution >= 4 is 68.3 Å². The molecule has 3 amide bonds. The number of aromatic nitrogens is 7. The molecule has 0 aliphatic rings. The normalized spacial score (nSPS) is 10.7. The van der Waals surface area contributed by atoms with Crippen LogP contribution < -0.4 is 19.9 Å². The summed E-state index contributed by atoms with van der Waals surface area (Å²) in [7, 11) is 3.06. The number of amides is 3. The number of aromatic hydroxyl groups is 1. The first-order valence-electron chi connectivity index (χ1n) is 20.9. The van der Waals surface area contributed by atoms with E-state index in [1.54, 1.807) is 65.0 Å². The molecule has 0 spiro atoms. The molecule has 0 atom stereocenters. The predicted molar refractivity (Wildman–Crippen MR) is 253 cm³/mol.